The predicted molar refractivity (Wildman–Crippen MR) is 104 cm³/mol. The van der Waals surface area contributed by atoms with E-state index in [-0.39, 0.29) is 23.0 Å². The van der Waals surface area contributed by atoms with Crippen LogP contribution in [0.3, 0.4) is 0 Å². The molecule has 3 rings (SSSR count). The van der Waals surface area contributed by atoms with E-state index in [0.29, 0.717) is 38.4 Å². The highest BCUT2D eigenvalue weighted by molar-refractivity contribution is 9.10. The van der Waals surface area contributed by atoms with Crippen LogP contribution in [0.5, 0.6) is 0 Å². The third kappa shape index (κ3) is 4.97. The Morgan fingerprint density at radius 2 is 2.19 bits per heavy atom. The molecule has 0 radical (unpaired) electrons. The molecule has 0 saturated carbocycles. The first-order valence-electron chi connectivity index (χ1n) is 8.65. The van der Waals surface area contributed by atoms with E-state index in [0.717, 1.165) is 23.1 Å². The summed E-state index contributed by atoms with van der Waals surface area (Å²) >= 11 is 4.61. The van der Waals surface area contributed by atoms with Gasteiger partial charge in [-0.25, -0.2) is 4.98 Å². The number of pyridine rings is 1. The van der Waals surface area contributed by atoms with Gasteiger partial charge in [-0.3, -0.25) is 14.4 Å². The van der Waals surface area contributed by atoms with Gasteiger partial charge in [0.1, 0.15) is 5.82 Å². The molecule has 3 amide bonds. The van der Waals surface area contributed by atoms with Crippen LogP contribution in [0.25, 0.3) is 0 Å². The molecular weight excluding hydrogens is 420 g/mol. The van der Waals surface area contributed by atoms with Gasteiger partial charge in [-0.05, 0) is 40.9 Å². The van der Waals surface area contributed by atoms with Crippen LogP contribution in [0.1, 0.15) is 19.3 Å². The zero-order valence-corrected chi connectivity index (χ0v) is 16.7. The first-order chi connectivity index (χ1) is 12.5. The summed E-state index contributed by atoms with van der Waals surface area (Å²) in [4.78, 5) is 44.1. The molecule has 2 aliphatic rings. The second kappa shape index (κ2) is 8.85. The first-order valence-corrected chi connectivity index (χ1v) is 10.4. The SMILES string of the molecule is O=C(Nc1ccc(Br)cn1)[C@H]1CCCN(C(=O)CCN2CCSC2=O)C1. The van der Waals surface area contributed by atoms with Crippen LogP contribution in [0.15, 0.2) is 22.8 Å². The number of anilines is 1. The Kier molecular flexibility index (Phi) is 6.53. The predicted octanol–water partition coefficient (Wildman–Crippen LogP) is 2.58. The molecule has 1 N–H and O–H groups in total. The fourth-order valence-corrected chi connectivity index (χ4v) is 4.20. The van der Waals surface area contributed by atoms with E-state index in [2.05, 4.69) is 26.2 Å². The number of aromatic nitrogens is 1. The number of carbonyl (C=O) groups excluding carboxylic acids is 3. The second-order valence-electron chi connectivity index (χ2n) is 6.38. The monoisotopic (exact) mass is 440 g/mol. The van der Waals surface area contributed by atoms with Crippen molar-refractivity contribution in [1.29, 1.82) is 0 Å². The summed E-state index contributed by atoms with van der Waals surface area (Å²) in [6.45, 7) is 2.26. The highest BCUT2D eigenvalue weighted by atomic mass is 79.9. The van der Waals surface area contributed by atoms with Crippen LogP contribution in [-0.2, 0) is 9.59 Å². The minimum Gasteiger partial charge on any atom is -0.342 e. The topological polar surface area (TPSA) is 82.6 Å². The maximum absolute atomic E-state index is 12.5. The van der Waals surface area contributed by atoms with Gasteiger partial charge in [0.2, 0.25) is 11.8 Å². The van der Waals surface area contributed by atoms with Crippen LogP contribution in [-0.4, -0.2) is 63.8 Å². The van der Waals surface area contributed by atoms with Crippen molar-refractivity contribution < 1.29 is 14.4 Å². The number of halogens is 1. The van der Waals surface area contributed by atoms with E-state index in [9.17, 15) is 14.4 Å². The standard InChI is InChI=1S/C17H21BrN4O3S/c18-13-3-4-14(19-10-13)20-16(24)12-2-1-6-22(11-12)15(23)5-7-21-8-9-26-17(21)25/h3-4,10,12H,1-2,5-9,11H2,(H,19,20,24)/t12-/m0/s1. The van der Waals surface area contributed by atoms with Gasteiger partial charge in [-0.1, -0.05) is 11.8 Å². The molecule has 0 spiro atoms. The van der Waals surface area contributed by atoms with Crippen LogP contribution in [0.4, 0.5) is 10.6 Å². The van der Waals surface area contributed by atoms with Gasteiger partial charge in [-0.15, -0.1) is 0 Å². The van der Waals surface area contributed by atoms with E-state index >= 15 is 0 Å². The van der Waals surface area contributed by atoms with Crippen LogP contribution >= 0.6 is 27.7 Å². The lowest BCUT2D eigenvalue weighted by atomic mass is 9.97. The molecule has 140 valence electrons. The number of piperidine rings is 1. The van der Waals surface area contributed by atoms with E-state index in [4.69, 9.17) is 0 Å². The third-order valence-electron chi connectivity index (χ3n) is 4.56. The Hall–Kier alpha value is -1.61. The van der Waals surface area contributed by atoms with Crippen LogP contribution < -0.4 is 5.32 Å². The number of hydrogen-bond acceptors (Lipinski definition) is 5. The minimum absolute atomic E-state index is 0.00830. The van der Waals surface area contributed by atoms with Crippen molar-refractivity contribution in [2.75, 3.05) is 37.2 Å². The lowest BCUT2D eigenvalue weighted by Gasteiger charge is -2.32. The maximum atomic E-state index is 12.5. The molecule has 0 unspecified atom stereocenters. The van der Waals surface area contributed by atoms with Crippen molar-refractivity contribution in [3.63, 3.8) is 0 Å². The average molecular weight is 441 g/mol. The summed E-state index contributed by atoms with van der Waals surface area (Å²) < 4.78 is 0.847. The molecule has 1 aromatic heterocycles. The Labute approximate surface area is 165 Å². The van der Waals surface area contributed by atoms with Crippen molar-refractivity contribution in [2.45, 2.75) is 19.3 Å². The lowest BCUT2D eigenvalue weighted by molar-refractivity contribution is -0.134. The third-order valence-corrected chi connectivity index (χ3v) is 5.93. The van der Waals surface area contributed by atoms with E-state index in [1.54, 1.807) is 22.1 Å². The van der Waals surface area contributed by atoms with E-state index < -0.39 is 0 Å². The normalized spacial score (nSPS) is 20.3. The summed E-state index contributed by atoms with van der Waals surface area (Å²) in [5.41, 5.74) is 0. The van der Waals surface area contributed by atoms with Gasteiger partial charge in [0.15, 0.2) is 0 Å². The molecule has 26 heavy (non-hydrogen) atoms. The molecule has 9 heteroatoms. The van der Waals surface area contributed by atoms with Gasteiger partial charge in [0.25, 0.3) is 5.24 Å². The fourth-order valence-electron chi connectivity index (χ4n) is 3.11. The first kappa shape index (κ1) is 19.2. The largest absolute Gasteiger partial charge is 0.342 e. The quantitative estimate of drug-likeness (QED) is 0.760. The van der Waals surface area contributed by atoms with Crippen LogP contribution in [0, 0.1) is 5.92 Å². The molecule has 2 saturated heterocycles. The molecule has 0 aliphatic carbocycles. The summed E-state index contributed by atoms with van der Waals surface area (Å²) in [5.74, 6) is 0.967. The Morgan fingerprint density at radius 1 is 1.35 bits per heavy atom. The zero-order valence-electron chi connectivity index (χ0n) is 14.3. The second-order valence-corrected chi connectivity index (χ2v) is 8.34. The smallest absolute Gasteiger partial charge is 0.281 e. The summed E-state index contributed by atoms with van der Waals surface area (Å²) in [7, 11) is 0. The Morgan fingerprint density at radius 3 is 2.88 bits per heavy atom. The number of nitrogens with zero attached hydrogens (tertiary/aromatic N) is 3. The number of nitrogens with one attached hydrogen (secondary N) is 1. The average Bonchev–Trinajstić information content (AvgIpc) is 3.06. The minimum atomic E-state index is -0.234. The molecular formula is C17H21BrN4O3S. The maximum Gasteiger partial charge on any atom is 0.281 e. The molecule has 2 fully saturated rings. The van der Waals surface area contributed by atoms with Crippen molar-refractivity contribution in [3.05, 3.63) is 22.8 Å². The molecule has 3 heterocycles. The number of thioether (sulfide) groups is 1. The Balaban J connectivity index is 1.49. The zero-order chi connectivity index (χ0) is 18.5. The molecule has 0 aromatic carbocycles. The van der Waals surface area contributed by atoms with Crippen molar-refractivity contribution >= 4 is 50.6 Å². The fraction of sp³-hybridized carbons (Fsp3) is 0.529. The molecule has 2 aliphatic heterocycles. The van der Waals surface area contributed by atoms with E-state index in [1.165, 1.54) is 11.8 Å². The molecule has 0 bridgehead atoms. The number of likely N-dealkylation sites (tertiary alicyclic amines) is 1. The molecule has 1 atom stereocenters. The number of amides is 3. The van der Waals surface area contributed by atoms with Gasteiger partial charge in [0, 0.05) is 49.0 Å². The number of hydrogen-bond donors (Lipinski definition) is 1. The number of carbonyl (C=O) groups is 3. The van der Waals surface area contributed by atoms with Gasteiger partial charge >= 0.3 is 0 Å². The lowest BCUT2D eigenvalue weighted by Crippen LogP contribution is -2.44. The molecule has 1 aromatic rings. The van der Waals surface area contributed by atoms with Gasteiger partial charge in [0.05, 0.1) is 5.92 Å². The van der Waals surface area contributed by atoms with Gasteiger partial charge < -0.3 is 15.1 Å². The molecule has 7 nitrogen and oxygen atoms in total. The summed E-state index contributed by atoms with van der Waals surface area (Å²) in [6, 6.07) is 3.55. The van der Waals surface area contributed by atoms with Crippen molar-refractivity contribution in [2.24, 2.45) is 5.92 Å². The van der Waals surface area contributed by atoms with Crippen molar-refractivity contribution in [1.82, 2.24) is 14.8 Å². The highest BCUT2D eigenvalue weighted by Crippen LogP contribution is 2.21. The van der Waals surface area contributed by atoms with Gasteiger partial charge in [-0.2, -0.15) is 0 Å². The van der Waals surface area contributed by atoms with Crippen molar-refractivity contribution in [3.8, 4) is 0 Å². The summed E-state index contributed by atoms with van der Waals surface area (Å²) in [5, 5.41) is 2.87. The van der Waals surface area contributed by atoms with Crippen LogP contribution in [0.2, 0.25) is 0 Å². The highest BCUT2D eigenvalue weighted by Gasteiger charge is 2.29. The van der Waals surface area contributed by atoms with E-state index in [1.807, 2.05) is 6.07 Å². The Bertz CT molecular complexity index is 685. The summed E-state index contributed by atoms with van der Waals surface area (Å²) in [6.07, 6.45) is 3.50. The number of rotatable bonds is 5.